The van der Waals surface area contributed by atoms with Crippen LogP contribution >= 0.6 is 0 Å². The Kier molecular flexibility index (Phi) is 8.53. The van der Waals surface area contributed by atoms with E-state index in [4.69, 9.17) is 19.9 Å². The van der Waals surface area contributed by atoms with Gasteiger partial charge in [0.2, 0.25) is 0 Å². The third-order valence-electron chi connectivity index (χ3n) is 10.1. The Morgan fingerprint density at radius 3 is 2.66 bits per heavy atom. The Bertz CT molecular complexity index is 2220. The summed E-state index contributed by atoms with van der Waals surface area (Å²) in [5.74, 6) is -0.788. The highest BCUT2D eigenvalue weighted by atomic mass is 19.1. The molecule has 1 unspecified atom stereocenters. The highest BCUT2D eigenvalue weighted by molar-refractivity contribution is 5.86. The summed E-state index contributed by atoms with van der Waals surface area (Å²) in [6.45, 7) is 7.26. The van der Waals surface area contributed by atoms with Crippen molar-refractivity contribution in [3.8, 4) is 22.9 Å². The molecule has 0 radical (unpaired) electrons. The fourth-order valence-corrected chi connectivity index (χ4v) is 6.86. The van der Waals surface area contributed by atoms with Gasteiger partial charge in [-0.15, -0.1) is 0 Å². The minimum absolute atomic E-state index is 0.0243. The average Bonchev–Trinajstić information content (AvgIpc) is 3.84. The van der Waals surface area contributed by atoms with Crippen LogP contribution in [0.3, 0.4) is 0 Å². The monoisotopic (exact) mass is 678 g/mol. The molecule has 50 heavy (non-hydrogen) atoms. The van der Waals surface area contributed by atoms with Gasteiger partial charge in [-0.3, -0.25) is 9.48 Å². The van der Waals surface area contributed by atoms with E-state index in [2.05, 4.69) is 25.8 Å². The van der Waals surface area contributed by atoms with Crippen LogP contribution in [0.25, 0.3) is 22.3 Å². The first-order valence-electron chi connectivity index (χ1n) is 16.9. The quantitative estimate of drug-likeness (QED) is 0.194. The summed E-state index contributed by atoms with van der Waals surface area (Å²) < 4.78 is 41.2. The average molecular weight is 679 g/mol. The number of benzene rings is 3. The lowest BCUT2D eigenvalue weighted by Crippen LogP contribution is -2.29. The summed E-state index contributed by atoms with van der Waals surface area (Å²) in [4.78, 5) is 19.4. The number of aromatic amines is 1. The van der Waals surface area contributed by atoms with Gasteiger partial charge in [0, 0.05) is 61.4 Å². The fourth-order valence-electron chi connectivity index (χ4n) is 6.86. The summed E-state index contributed by atoms with van der Waals surface area (Å²) in [6, 6.07) is 17.5. The SMILES string of the molecule is Cn1nc2nc1-c1cc(ccc1F)Oc1c(F)cc3[nH]ccc3c1Cc1ccn(n1)CCC(C)(C)CCC2(C)c1cccc(CCC(=O)O)c1. The minimum atomic E-state index is -0.854. The van der Waals surface area contributed by atoms with Crippen molar-refractivity contribution < 1.29 is 23.4 Å². The molecule has 6 aromatic rings. The summed E-state index contributed by atoms with van der Waals surface area (Å²) in [7, 11) is 1.73. The molecule has 1 atom stereocenters. The van der Waals surface area contributed by atoms with Crippen LogP contribution in [0.2, 0.25) is 0 Å². The number of aliphatic carboxylic acids is 1. The maximum Gasteiger partial charge on any atom is 0.303 e. The third kappa shape index (κ3) is 6.51. The molecule has 11 heteroatoms. The van der Waals surface area contributed by atoms with Gasteiger partial charge in [-0.2, -0.15) is 10.2 Å². The number of aromatic nitrogens is 6. The molecule has 9 nitrogen and oxygen atoms in total. The van der Waals surface area contributed by atoms with Gasteiger partial charge in [0.1, 0.15) is 11.6 Å². The predicted octanol–water partition coefficient (Wildman–Crippen LogP) is 8.35. The number of nitrogens with zero attached hydrogens (tertiary/aromatic N) is 5. The maximum atomic E-state index is 15.8. The standard InChI is InChI=1S/C39H40F2N6O3/c1-38(2)14-15-39(3,25-7-5-6-24(20-25)8-11-34(48)49)37-43-36(46(4)45-37)30-22-27(9-10-31(30)40)50-35-29(21-26-13-18-47(44-26)19-16-38)28-12-17-42-33(28)23-32(35)41/h5-7,9-10,12-13,17-18,20,22-23,42H,8,11,14-16,19,21H2,1-4H3,(H,48,49). The van der Waals surface area contributed by atoms with Crippen LogP contribution in [0.4, 0.5) is 8.78 Å². The number of halogens is 2. The number of fused-ring (bicyclic) bond motifs is 10. The molecular weight excluding hydrogens is 638 g/mol. The highest BCUT2D eigenvalue weighted by Gasteiger charge is 2.36. The smallest absolute Gasteiger partial charge is 0.303 e. The molecule has 0 saturated carbocycles. The molecule has 3 aromatic heterocycles. The van der Waals surface area contributed by atoms with Gasteiger partial charge in [-0.25, -0.2) is 18.4 Å². The van der Waals surface area contributed by atoms with Gasteiger partial charge >= 0.3 is 5.97 Å². The van der Waals surface area contributed by atoms with Crippen LogP contribution in [-0.2, 0) is 36.6 Å². The molecule has 0 saturated heterocycles. The van der Waals surface area contributed by atoms with Crippen LogP contribution in [0.5, 0.6) is 11.5 Å². The van der Waals surface area contributed by atoms with Crippen molar-refractivity contribution in [3.63, 3.8) is 0 Å². The second kappa shape index (κ2) is 12.9. The summed E-state index contributed by atoms with van der Waals surface area (Å²) in [5.41, 5.74) is 3.30. The van der Waals surface area contributed by atoms with E-state index in [9.17, 15) is 9.90 Å². The number of hydrogen-bond acceptors (Lipinski definition) is 5. The molecule has 0 fully saturated rings. The first-order chi connectivity index (χ1) is 23.9. The molecular formula is C39H40F2N6O3. The number of hydrogen-bond donors (Lipinski definition) is 2. The lowest BCUT2D eigenvalue weighted by atomic mass is 9.72. The molecule has 6 bridgehead atoms. The number of ether oxygens (including phenoxy) is 1. The molecule has 0 aliphatic carbocycles. The largest absolute Gasteiger partial charge is 0.481 e. The Balaban J connectivity index is 1.37. The number of rotatable bonds is 4. The number of carbonyl (C=O) groups is 1. The molecule has 4 heterocycles. The minimum Gasteiger partial charge on any atom is -0.481 e. The molecule has 0 spiro atoms. The van der Waals surface area contributed by atoms with Gasteiger partial charge in [-0.05, 0) is 79.5 Å². The van der Waals surface area contributed by atoms with Crippen molar-refractivity contribution in [2.24, 2.45) is 12.5 Å². The molecule has 1 aliphatic heterocycles. The molecule has 7 rings (SSSR count). The number of nitrogens with one attached hydrogen (secondary N) is 1. The Morgan fingerprint density at radius 2 is 1.84 bits per heavy atom. The van der Waals surface area contributed by atoms with E-state index < -0.39 is 23.0 Å². The summed E-state index contributed by atoms with van der Waals surface area (Å²) >= 11 is 0. The van der Waals surface area contributed by atoms with Crippen molar-refractivity contribution in [3.05, 3.63) is 113 Å². The van der Waals surface area contributed by atoms with Crippen molar-refractivity contribution in [1.29, 1.82) is 0 Å². The van der Waals surface area contributed by atoms with E-state index >= 15 is 8.78 Å². The lowest BCUT2D eigenvalue weighted by molar-refractivity contribution is -0.136. The van der Waals surface area contributed by atoms with E-state index in [0.717, 1.165) is 35.0 Å². The van der Waals surface area contributed by atoms with Crippen LogP contribution in [-0.4, -0.2) is 40.6 Å². The number of H-pyrrole nitrogens is 1. The Morgan fingerprint density at radius 1 is 1.00 bits per heavy atom. The van der Waals surface area contributed by atoms with Crippen LogP contribution in [0.15, 0.2) is 73.1 Å². The normalized spacial score (nSPS) is 17.7. The zero-order valence-corrected chi connectivity index (χ0v) is 28.6. The van der Waals surface area contributed by atoms with E-state index in [1.807, 2.05) is 47.3 Å². The maximum absolute atomic E-state index is 15.8. The van der Waals surface area contributed by atoms with Crippen molar-refractivity contribution >= 4 is 16.9 Å². The first kappa shape index (κ1) is 33.2. The van der Waals surface area contributed by atoms with Gasteiger partial charge in [0.05, 0.1) is 16.7 Å². The fraction of sp³-hybridized carbons (Fsp3) is 0.333. The Hall–Kier alpha value is -5.32. The van der Waals surface area contributed by atoms with Gasteiger partial charge in [0.25, 0.3) is 0 Å². The third-order valence-corrected chi connectivity index (χ3v) is 10.1. The van der Waals surface area contributed by atoms with Crippen LogP contribution < -0.4 is 4.74 Å². The van der Waals surface area contributed by atoms with Crippen molar-refractivity contribution in [1.82, 2.24) is 29.5 Å². The molecule has 2 N–H and O–H groups in total. The van der Waals surface area contributed by atoms with Gasteiger partial charge in [-0.1, -0.05) is 38.1 Å². The predicted molar refractivity (Wildman–Crippen MR) is 186 cm³/mol. The second-order valence-electron chi connectivity index (χ2n) is 14.3. The zero-order valence-electron chi connectivity index (χ0n) is 28.6. The number of carboxylic acid groups (broad SMARTS) is 1. The summed E-state index contributed by atoms with van der Waals surface area (Å²) in [5, 5.41) is 19.9. The highest BCUT2D eigenvalue weighted by Crippen LogP contribution is 2.42. The first-order valence-corrected chi connectivity index (χ1v) is 16.9. The van der Waals surface area contributed by atoms with E-state index in [1.54, 1.807) is 17.9 Å². The lowest BCUT2D eigenvalue weighted by Gasteiger charge is -2.33. The number of aryl methyl sites for hydroxylation is 3. The van der Waals surface area contributed by atoms with E-state index in [1.165, 1.54) is 24.3 Å². The molecule has 3 aromatic carbocycles. The van der Waals surface area contributed by atoms with Crippen LogP contribution in [0.1, 0.15) is 74.7 Å². The Labute approximate surface area is 288 Å². The van der Waals surface area contributed by atoms with Gasteiger partial charge in [0.15, 0.2) is 23.2 Å². The van der Waals surface area contributed by atoms with E-state index in [0.29, 0.717) is 48.5 Å². The molecule has 258 valence electrons. The molecule has 0 amide bonds. The second-order valence-corrected chi connectivity index (χ2v) is 14.3. The zero-order chi connectivity index (χ0) is 35.2. The van der Waals surface area contributed by atoms with Crippen molar-refractivity contribution in [2.45, 2.75) is 71.3 Å². The topological polar surface area (TPSA) is 111 Å². The number of carboxylic acids is 1. The van der Waals surface area contributed by atoms with Crippen molar-refractivity contribution in [2.75, 3.05) is 0 Å². The van der Waals surface area contributed by atoms with Gasteiger partial charge < -0.3 is 14.8 Å². The van der Waals surface area contributed by atoms with Crippen LogP contribution in [0, 0.1) is 17.0 Å². The molecule has 1 aliphatic rings. The summed E-state index contributed by atoms with van der Waals surface area (Å²) in [6.07, 6.45) is 6.83. The van der Waals surface area contributed by atoms with E-state index in [-0.39, 0.29) is 28.9 Å².